The summed E-state index contributed by atoms with van der Waals surface area (Å²) in [5.41, 5.74) is 1.16. The average molecular weight is 395 g/mol. The van der Waals surface area contributed by atoms with E-state index in [0.717, 1.165) is 30.2 Å². The number of aliphatic carboxylic acids is 1. The maximum Gasteiger partial charge on any atom is 0.306 e. The van der Waals surface area contributed by atoms with E-state index in [2.05, 4.69) is 47.4 Å². The molecule has 3 aromatic rings. The minimum absolute atomic E-state index is 0.0849. The number of benzene rings is 2. The summed E-state index contributed by atoms with van der Waals surface area (Å²) in [6, 6.07) is 16.9. The number of piperidine rings is 1. The number of hydrogen-bond donors (Lipinski definition) is 1. The van der Waals surface area contributed by atoms with Gasteiger partial charge >= 0.3 is 5.97 Å². The standard InChI is InChI=1S/C22H21NO4S/c24-22(25)14-7-9-23(10-8-14)21(16-5-6-17-18(11-16)27-13-26-17)20-12-15-3-1-2-4-19(15)28-20/h1-6,11-12,14,21H,7-10,13H2,(H,24,25). The third-order valence-corrected chi connectivity index (χ3v) is 6.84. The number of hydrogen-bond acceptors (Lipinski definition) is 5. The van der Waals surface area contributed by atoms with Gasteiger partial charge in [0.1, 0.15) is 0 Å². The zero-order valence-corrected chi connectivity index (χ0v) is 16.2. The van der Waals surface area contributed by atoms with Gasteiger partial charge in [0.05, 0.1) is 12.0 Å². The predicted molar refractivity (Wildman–Crippen MR) is 108 cm³/mol. The summed E-state index contributed by atoms with van der Waals surface area (Å²) in [5.74, 6) is 0.643. The van der Waals surface area contributed by atoms with Crippen LogP contribution in [0.15, 0.2) is 48.5 Å². The lowest BCUT2D eigenvalue weighted by molar-refractivity contribution is -0.143. The van der Waals surface area contributed by atoms with Gasteiger partial charge in [-0.05, 0) is 61.1 Å². The van der Waals surface area contributed by atoms with Crippen LogP contribution in [0.4, 0.5) is 0 Å². The summed E-state index contributed by atoms with van der Waals surface area (Å²) < 4.78 is 12.3. The number of thiophene rings is 1. The molecule has 1 atom stereocenters. The molecule has 0 amide bonds. The van der Waals surface area contributed by atoms with Gasteiger partial charge in [-0.1, -0.05) is 24.3 Å². The van der Waals surface area contributed by atoms with Crippen molar-refractivity contribution in [3.8, 4) is 11.5 Å². The second kappa shape index (κ2) is 7.11. The molecule has 0 aliphatic carbocycles. The monoisotopic (exact) mass is 395 g/mol. The van der Waals surface area contributed by atoms with Crippen LogP contribution in [0.5, 0.6) is 11.5 Å². The molecule has 5 nitrogen and oxygen atoms in total. The fraction of sp³-hybridized carbons (Fsp3) is 0.318. The van der Waals surface area contributed by atoms with E-state index in [4.69, 9.17) is 9.47 Å². The van der Waals surface area contributed by atoms with Crippen molar-refractivity contribution in [2.45, 2.75) is 18.9 Å². The molecule has 1 aromatic heterocycles. The number of carboxylic acid groups (broad SMARTS) is 1. The first-order chi connectivity index (χ1) is 13.7. The van der Waals surface area contributed by atoms with Gasteiger partial charge in [0.25, 0.3) is 0 Å². The number of nitrogens with zero attached hydrogens (tertiary/aromatic N) is 1. The highest BCUT2D eigenvalue weighted by molar-refractivity contribution is 7.19. The Labute approximate surface area is 167 Å². The highest BCUT2D eigenvalue weighted by atomic mass is 32.1. The van der Waals surface area contributed by atoms with Crippen LogP contribution in [0, 0.1) is 5.92 Å². The Kier molecular flexibility index (Phi) is 4.45. The first kappa shape index (κ1) is 17.5. The molecule has 0 radical (unpaired) electrons. The smallest absolute Gasteiger partial charge is 0.306 e. The van der Waals surface area contributed by atoms with Gasteiger partial charge in [0.15, 0.2) is 11.5 Å². The molecule has 1 N–H and O–H groups in total. The lowest BCUT2D eigenvalue weighted by atomic mass is 9.93. The Bertz CT molecular complexity index is 989. The van der Waals surface area contributed by atoms with Gasteiger partial charge in [0.2, 0.25) is 6.79 Å². The van der Waals surface area contributed by atoms with Crippen LogP contribution in [0.3, 0.4) is 0 Å². The van der Waals surface area contributed by atoms with Gasteiger partial charge in [-0.3, -0.25) is 9.69 Å². The molecular weight excluding hydrogens is 374 g/mol. The quantitative estimate of drug-likeness (QED) is 0.704. The Morgan fingerprint density at radius 1 is 1.07 bits per heavy atom. The molecule has 5 rings (SSSR count). The molecule has 1 fully saturated rings. The summed E-state index contributed by atoms with van der Waals surface area (Å²) in [6.07, 6.45) is 1.36. The molecular formula is C22H21NO4S. The second-order valence-electron chi connectivity index (χ2n) is 7.35. The summed E-state index contributed by atoms with van der Waals surface area (Å²) in [4.78, 5) is 15.0. The van der Waals surface area contributed by atoms with Crippen molar-refractivity contribution in [2.75, 3.05) is 19.9 Å². The van der Waals surface area contributed by atoms with E-state index in [-0.39, 0.29) is 18.8 Å². The van der Waals surface area contributed by atoms with Gasteiger partial charge in [-0.2, -0.15) is 0 Å². The summed E-state index contributed by atoms with van der Waals surface area (Å²) in [6.45, 7) is 1.80. The average Bonchev–Trinajstić information content (AvgIpc) is 3.34. The molecule has 1 unspecified atom stereocenters. The fourth-order valence-electron chi connectivity index (χ4n) is 4.18. The van der Waals surface area contributed by atoms with Crippen LogP contribution >= 0.6 is 11.3 Å². The van der Waals surface area contributed by atoms with E-state index in [1.807, 2.05) is 6.07 Å². The Hall–Kier alpha value is -2.57. The number of rotatable bonds is 4. The van der Waals surface area contributed by atoms with Crippen molar-refractivity contribution in [3.63, 3.8) is 0 Å². The van der Waals surface area contributed by atoms with Crippen molar-refractivity contribution in [1.29, 1.82) is 0 Å². The van der Waals surface area contributed by atoms with Gasteiger partial charge in [-0.25, -0.2) is 0 Å². The van der Waals surface area contributed by atoms with Crippen LogP contribution in [0.2, 0.25) is 0 Å². The van der Waals surface area contributed by atoms with Crippen molar-refractivity contribution in [3.05, 3.63) is 59.0 Å². The lowest BCUT2D eigenvalue weighted by Gasteiger charge is -2.36. The first-order valence-corrected chi connectivity index (χ1v) is 10.4. The molecule has 2 aliphatic heterocycles. The van der Waals surface area contributed by atoms with Crippen molar-refractivity contribution in [1.82, 2.24) is 4.90 Å². The van der Waals surface area contributed by atoms with E-state index < -0.39 is 5.97 Å². The van der Waals surface area contributed by atoms with Gasteiger partial charge < -0.3 is 14.6 Å². The molecule has 2 aliphatic rings. The molecule has 2 aromatic carbocycles. The summed E-state index contributed by atoms with van der Waals surface area (Å²) in [7, 11) is 0. The summed E-state index contributed by atoms with van der Waals surface area (Å²) in [5, 5.41) is 10.6. The van der Waals surface area contributed by atoms with E-state index in [0.29, 0.717) is 12.8 Å². The normalized spacial score (nSPS) is 18.4. The maximum atomic E-state index is 11.4. The predicted octanol–water partition coefficient (Wildman–Crippen LogP) is 4.52. The van der Waals surface area contributed by atoms with Crippen LogP contribution in [0.1, 0.15) is 29.3 Å². The zero-order chi connectivity index (χ0) is 19.1. The fourth-order valence-corrected chi connectivity index (χ4v) is 5.41. The van der Waals surface area contributed by atoms with Crippen molar-refractivity contribution >= 4 is 27.4 Å². The largest absolute Gasteiger partial charge is 0.481 e. The Morgan fingerprint density at radius 2 is 1.86 bits per heavy atom. The van der Waals surface area contributed by atoms with Gasteiger partial charge in [0, 0.05) is 9.58 Å². The summed E-state index contributed by atoms with van der Waals surface area (Å²) >= 11 is 1.80. The number of fused-ring (bicyclic) bond motifs is 2. The van der Waals surface area contributed by atoms with Gasteiger partial charge in [-0.15, -0.1) is 11.3 Å². The van der Waals surface area contributed by atoms with E-state index >= 15 is 0 Å². The van der Waals surface area contributed by atoms with Crippen molar-refractivity contribution in [2.24, 2.45) is 5.92 Å². The number of ether oxygens (including phenoxy) is 2. The van der Waals surface area contributed by atoms with Crippen LogP contribution in [-0.4, -0.2) is 35.9 Å². The Morgan fingerprint density at radius 3 is 2.64 bits per heavy atom. The minimum Gasteiger partial charge on any atom is -0.481 e. The van der Waals surface area contributed by atoms with Crippen LogP contribution < -0.4 is 9.47 Å². The molecule has 0 spiro atoms. The third kappa shape index (κ3) is 3.12. The number of carbonyl (C=O) groups is 1. The topological polar surface area (TPSA) is 59.0 Å². The molecule has 0 saturated carbocycles. The lowest BCUT2D eigenvalue weighted by Crippen LogP contribution is -2.39. The van der Waals surface area contributed by atoms with Crippen LogP contribution in [-0.2, 0) is 4.79 Å². The van der Waals surface area contributed by atoms with E-state index in [9.17, 15) is 9.90 Å². The molecule has 0 bridgehead atoms. The molecule has 144 valence electrons. The van der Waals surface area contributed by atoms with Crippen molar-refractivity contribution < 1.29 is 19.4 Å². The number of carboxylic acids is 1. The highest BCUT2D eigenvalue weighted by Crippen LogP contribution is 2.42. The number of likely N-dealkylation sites (tertiary alicyclic amines) is 1. The third-order valence-electron chi connectivity index (χ3n) is 5.67. The second-order valence-corrected chi connectivity index (χ2v) is 8.47. The Balaban J connectivity index is 1.53. The molecule has 1 saturated heterocycles. The first-order valence-electron chi connectivity index (χ1n) is 9.54. The molecule has 28 heavy (non-hydrogen) atoms. The molecule has 6 heteroatoms. The molecule has 3 heterocycles. The van der Waals surface area contributed by atoms with E-state index in [1.54, 1.807) is 11.3 Å². The highest BCUT2D eigenvalue weighted by Gasteiger charge is 2.32. The van der Waals surface area contributed by atoms with E-state index in [1.165, 1.54) is 15.0 Å². The zero-order valence-electron chi connectivity index (χ0n) is 15.3. The maximum absolute atomic E-state index is 11.4. The SMILES string of the molecule is O=C(O)C1CCN(C(c2ccc3c(c2)OCO3)c2cc3ccccc3s2)CC1. The van der Waals surface area contributed by atoms with Crippen LogP contribution in [0.25, 0.3) is 10.1 Å². The minimum atomic E-state index is -0.679.